The maximum absolute atomic E-state index is 14.4. The number of nitrogen functional groups attached to an aromatic ring is 1. The summed E-state index contributed by atoms with van der Waals surface area (Å²) in [4.78, 5) is 122. The molecule has 7 amide bonds. The van der Waals surface area contributed by atoms with E-state index in [0.29, 0.717) is 33.3 Å². The fraction of sp³-hybridized carbons (Fsp3) is 0.271. The van der Waals surface area contributed by atoms with Crippen molar-refractivity contribution in [3.8, 4) is 11.5 Å². The number of phenolic OH excluding ortho intramolecular Hbond substituents is 1. The molecule has 0 bridgehead atoms. The van der Waals surface area contributed by atoms with Gasteiger partial charge in [0.05, 0.1) is 6.42 Å². The maximum atomic E-state index is 14.4. The summed E-state index contributed by atoms with van der Waals surface area (Å²) >= 11 is 0. The third kappa shape index (κ3) is 16.4. The summed E-state index contributed by atoms with van der Waals surface area (Å²) in [5, 5.41) is 44.2. The Kier molecular flexibility index (Phi) is 18.8. The van der Waals surface area contributed by atoms with Gasteiger partial charge in [-0.25, -0.2) is 0 Å². The quantitative estimate of drug-likeness (QED) is 0.0323. The minimum absolute atomic E-state index is 0.0683. The molecule has 0 aliphatic heterocycles. The van der Waals surface area contributed by atoms with E-state index in [9.17, 15) is 53.4 Å². The Morgan fingerprint density at radius 2 is 1.17 bits per heavy atom. The van der Waals surface area contributed by atoms with Crippen molar-refractivity contribution in [1.82, 2.24) is 36.9 Å². The first-order valence-electron chi connectivity index (χ1n) is 21.8. The van der Waals surface area contributed by atoms with E-state index in [0.717, 1.165) is 0 Å². The lowest BCUT2D eigenvalue weighted by Crippen LogP contribution is -2.60. The summed E-state index contributed by atoms with van der Waals surface area (Å²) in [5.41, 5.74) is 13.8. The Bertz CT molecular complexity index is 2680. The SMILES string of the molecule is NC(=O)CC[C@H](NC(=O)[C@H](Cc1ccc(O)cc1)NC(=O)COc1cccc(N)c1)C(=O)N[C@@H](Cc1c[nH]c2ccccc12)C(=O)N[C@@H](CC(=O)O)C(=O)N[C@@H](Cc1ccccc1)C(=O)NCC(=O)O. The minimum atomic E-state index is -1.87. The van der Waals surface area contributed by atoms with E-state index in [1.807, 2.05) is 0 Å². The Hall–Kier alpha value is -8.95. The number of aliphatic carboxylic acids is 2. The van der Waals surface area contributed by atoms with Gasteiger partial charge in [0.25, 0.3) is 5.91 Å². The number of anilines is 1. The fourth-order valence-electron chi connectivity index (χ4n) is 7.17. The molecule has 0 saturated carbocycles. The molecular formula is C48H53N9O13. The van der Waals surface area contributed by atoms with E-state index in [2.05, 4.69) is 36.9 Å². The van der Waals surface area contributed by atoms with Crippen LogP contribution in [0.3, 0.4) is 0 Å². The summed E-state index contributed by atoms with van der Waals surface area (Å²) in [6.45, 7) is -1.34. The third-order valence-corrected chi connectivity index (χ3v) is 10.6. The number of nitrogens with one attached hydrogen (secondary N) is 7. The first-order chi connectivity index (χ1) is 33.4. The topological polar surface area (TPSA) is 364 Å². The molecule has 0 aliphatic carbocycles. The number of carboxylic acid groups (broad SMARTS) is 2. The third-order valence-electron chi connectivity index (χ3n) is 10.6. The number of amides is 7. The van der Waals surface area contributed by atoms with Crippen molar-refractivity contribution in [1.29, 1.82) is 0 Å². The number of para-hydroxylation sites is 1. The van der Waals surface area contributed by atoms with Crippen molar-refractivity contribution in [2.24, 2.45) is 5.73 Å². The van der Waals surface area contributed by atoms with Crippen molar-refractivity contribution >= 4 is 69.9 Å². The van der Waals surface area contributed by atoms with Crippen LogP contribution < -0.4 is 48.1 Å². The summed E-state index contributed by atoms with van der Waals surface area (Å²) < 4.78 is 5.54. The number of hydrogen-bond donors (Lipinski definition) is 12. The molecule has 1 heterocycles. The van der Waals surface area contributed by atoms with Crippen LogP contribution in [0.2, 0.25) is 0 Å². The minimum Gasteiger partial charge on any atom is -0.508 e. The molecule has 22 nitrogen and oxygen atoms in total. The number of aromatic nitrogens is 1. The number of aromatic amines is 1. The number of fused-ring (bicyclic) bond motifs is 1. The Labute approximate surface area is 399 Å². The number of H-pyrrole nitrogens is 1. The predicted octanol–water partition coefficient (Wildman–Crippen LogP) is -0.0724. The van der Waals surface area contributed by atoms with Gasteiger partial charge in [-0.15, -0.1) is 0 Å². The first-order valence-corrected chi connectivity index (χ1v) is 21.8. The summed E-state index contributed by atoms with van der Waals surface area (Å²) in [5.74, 6) is -9.36. The van der Waals surface area contributed by atoms with Crippen LogP contribution in [-0.2, 0) is 62.4 Å². The number of carbonyl (C=O) groups excluding carboxylic acids is 7. The number of ether oxygens (including phenoxy) is 1. The van der Waals surface area contributed by atoms with Crippen LogP contribution in [0.5, 0.6) is 11.5 Å². The second-order valence-corrected chi connectivity index (χ2v) is 16.1. The molecule has 5 atom stereocenters. The molecule has 0 unspecified atom stereocenters. The van der Waals surface area contributed by atoms with Crippen molar-refractivity contribution in [3.63, 3.8) is 0 Å². The van der Waals surface area contributed by atoms with Crippen molar-refractivity contribution in [2.45, 2.75) is 68.7 Å². The standard InChI is InChI=1S/C48H53N9O13/c49-30-9-6-10-32(22-30)70-26-41(60)53-37(20-28-13-15-31(58)16-14-28)46(67)54-35(17-18-40(50)59)45(66)56-38(21-29-24-51-34-12-5-4-11-33(29)34)47(68)57-39(23-42(61)62)48(69)55-36(44(65)52-25-43(63)64)19-27-7-2-1-3-8-27/h1-16,22,24,35-39,51,58H,17-21,23,25-26,49H2,(H2,50,59)(H,52,65)(H,53,60)(H,54,67)(H,55,69)(H,56,66)(H,57,68)(H,61,62)(H,63,64)/t35-,36-,37-,38-,39-/m0/s1. The average Bonchev–Trinajstić information content (AvgIpc) is 3.73. The molecule has 4 aromatic carbocycles. The van der Waals surface area contributed by atoms with E-state index < -0.39 is 116 Å². The predicted molar refractivity (Wildman–Crippen MR) is 251 cm³/mol. The molecule has 22 heteroatoms. The largest absolute Gasteiger partial charge is 0.508 e. The zero-order valence-electron chi connectivity index (χ0n) is 37.5. The van der Waals surface area contributed by atoms with Gasteiger partial charge >= 0.3 is 11.9 Å². The van der Waals surface area contributed by atoms with Crippen molar-refractivity contribution in [2.75, 3.05) is 18.9 Å². The maximum Gasteiger partial charge on any atom is 0.322 e. The van der Waals surface area contributed by atoms with Gasteiger partial charge in [0.15, 0.2) is 6.61 Å². The second kappa shape index (κ2) is 25.3. The molecule has 70 heavy (non-hydrogen) atoms. The number of primary amides is 1. The summed E-state index contributed by atoms with van der Waals surface area (Å²) in [6, 6.07) is 19.4. The monoisotopic (exact) mass is 963 g/mol. The Morgan fingerprint density at radius 1 is 0.600 bits per heavy atom. The van der Waals surface area contributed by atoms with Crippen LogP contribution in [-0.4, -0.2) is 117 Å². The molecular weight excluding hydrogens is 911 g/mol. The lowest BCUT2D eigenvalue weighted by Gasteiger charge is -2.27. The van der Waals surface area contributed by atoms with Crippen LogP contribution in [0.1, 0.15) is 36.0 Å². The van der Waals surface area contributed by atoms with Gasteiger partial charge in [-0.3, -0.25) is 43.2 Å². The normalized spacial score (nSPS) is 13.0. The van der Waals surface area contributed by atoms with Gasteiger partial charge in [0, 0.05) is 54.5 Å². The molecule has 0 fully saturated rings. The average molecular weight is 964 g/mol. The first kappa shape index (κ1) is 52.0. The van der Waals surface area contributed by atoms with Gasteiger partial charge in [0.1, 0.15) is 48.3 Å². The van der Waals surface area contributed by atoms with E-state index in [1.165, 1.54) is 30.3 Å². The van der Waals surface area contributed by atoms with Crippen LogP contribution in [0.15, 0.2) is 109 Å². The lowest BCUT2D eigenvalue weighted by molar-refractivity contribution is -0.142. The van der Waals surface area contributed by atoms with Gasteiger partial charge in [-0.1, -0.05) is 66.7 Å². The lowest BCUT2D eigenvalue weighted by atomic mass is 10.0. The zero-order chi connectivity index (χ0) is 50.7. The zero-order valence-corrected chi connectivity index (χ0v) is 37.5. The van der Waals surface area contributed by atoms with Crippen LogP contribution in [0, 0.1) is 0 Å². The van der Waals surface area contributed by atoms with Gasteiger partial charge in [-0.05, 0) is 53.4 Å². The van der Waals surface area contributed by atoms with Crippen molar-refractivity contribution in [3.05, 3.63) is 126 Å². The van der Waals surface area contributed by atoms with E-state index in [1.54, 1.807) is 79.0 Å². The highest BCUT2D eigenvalue weighted by atomic mass is 16.5. The molecule has 0 saturated heterocycles. The van der Waals surface area contributed by atoms with Gasteiger partial charge < -0.3 is 68.4 Å². The Balaban J connectivity index is 1.41. The van der Waals surface area contributed by atoms with Gasteiger partial charge in [-0.2, -0.15) is 0 Å². The number of rotatable bonds is 26. The highest BCUT2D eigenvalue weighted by Gasteiger charge is 2.34. The van der Waals surface area contributed by atoms with Crippen LogP contribution >= 0.6 is 0 Å². The second-order valence-electron chi connectivity index (χ2n) is 16.1. The molecule has 14 N–H and O–H groups in total. The number of carboxylic acids is 2. The van der Waals surface area contributed by atoms with Crippen LogP contribution in [0.4, 0.5) is 5.69 Å². The Morgan fingerprint density at radius 3 is 1.81 bits per heavy atom. The molecule has 0 aliphatic rings. The summed E-state index contributed by atoms with van der Waals surface area (Å²) in [7, 11) is 0. The molecule has 5 rings (SSSR count). The van der Waals surface area contributed by atoms with Gasteiger partial charge in [0.2, 0.25) is 35.4 Å². The number of benzene rings is 4. The molecule has 1 aromatic heterocycles. The van der Waals surface area contributed by atoms with E-state index in [4.69, 9.17) is 21.3 Å². The number of hydrogen-bond acceptors (Lipinski definition) is 12. The number of nitrogens with two attached hydrogens (primary N) is 2. The van der Waals surface area contributed by atoms with E-state index in [-0.39, 0.29) is 30.8 Å². The van der Waals surface area contributed by atoms with E-state index >= 15 is 0 Å². The summed E-state index contributed by atoms with van der Waals surface area (Å²) in [6.07, 6.45) is -0.861. The fourth-order valence-corrected chi connectivity index (χ4v) is 7.17. The number of carbonyl (C=O) groups is 9. The molecule has 0 spiro atoms. The molecule has 0 radical (unpaired) electrons. The highest BCUT2D eigenvalue weighted by molar-refractivity contribution is 5.98. The molecule has 5 aromatic rings. The van der Waals surface area contributed by atoms with Crippen LogP contribution in [0.25, 0.3) is 10.9 Å². The highest BCUT2D eigenvalue weighted by Crippen LogP contribution is 2.20. The smallest absolute Gasteiger partial charge is 0.322 e. The number of phenols is 1. The number of aromatic hydroxyl groups is 1. The molecule has 368 valence electrons. The van der Waals surface area contributed by atoms with Crippen molar-refractivity contribution < 1.29 is 63.2 Å².